The van der Waals surface area contributed by atoms with E-state index < -0.39 is 0 Å². The number of benzene rings is 2. The second kappa shape index (κ2) is 6.83. The summed E-state index contributed by atoms with van der Waals surface area (Å²) in [5.41, 5.74) is 2.60. The van der Waals surface area contributed by atoms with Crippen molar-refractivity contribution in [2.24, 2.45) is 0 Å². The second-order valence-corrected chi connectivity index (χ2v) is 5.27. The Hall–Kier alpha value is -3.34. The predicted octanol–water partition coefficient (Wildman–Crippen LogP) is 3.27. The van der Waals surface area contributed by atoms with E-state index in [2.05, 4.69) is 15.3 Å². The van der Waals surface area contributed by atoms with Crippen molar-refractivity contribution in [3.63, 3.8) is 0 Å². The third-order valence-corrected chi connectivity index (χ3v) is 3.43. The molecule has 5 heteroatoms. The summed E-state index contributed by atoms with van der Waals surface area (Å²) >= 11 is 0. The molecule has 0 radical (unpaired) electrons. The summed E-state index contributed by atoms with van der Waals surface area (Å²) in [5.74, 6) is -0.464. The van der Waals surface area contributed by atoms with Crippen LogP contribution in [0.2, 0.25) is 0 Å². The van der Waals surface area contributed by atoms with Gasteiger partial charge in [0.1, 0.15) is 5.69 Å². The van der Waals surface area contributed by atoms with Crippen LogP contribution in [-0.4, -0.2) is 21.7 Å². The topological polar surface area (TPSA) is 72.0 Å². The number of hydrogen-bond acceptors (Lipinski definition) is 4. The van der Waals surface area contributed by atoms with E-state index in [1.54, 1.807) is 43.3 Å². The average Bonchev–Trinajstić information content (AvgIpc) is 2.62. The SMILES string of the molecule is Cc1cnc(C(=O)Nc2cccc(C(=O)c3ccccc3)c2)cn1. The van der Waals surface area contributed by atoms with Crippen molar-refractivity contribution < 1.29 is 9.59 Å². The van der Waals surface area contributed by atoms with E-state index in [1.165, 1.54) is 12.4 Å². The predicted molar refractivity (Wildman–Crippen MR) is 91.0 cm³/mol. The third-order valence-electron chi connectivity index (χ3n) is 3.43. The lowest BCUT2D eigenvalue weighted by Crippen LogP contribution is -2.14. The minimum absolute atomic E-state index is 0.0955. The van der Waals surface area contributed by atoms with Gasteiger partial charge in [0.05, 0.1) is 11.9 Å². The maximum absolute atomic E-state index is 12.5. The molecule has 3 aromatic rings. The van der Waals surface area contributed by atoms with Gasteiger partial charge in [0.25, 0.3) is 5.91 Å². The summed E-state index contributed by atoms with van der Waals surface area (Å²) in [6.45, 7) is 1.80. The molecule has 3 rings (SSSR count). The number of nitrogens with zero attached hydrogens (tertiary/aromatic N) is 2. The number of aromatic nitrogens is 2. The summed E-state index contributed by atoms with van der Waals surface area (Å²) in [6, 6.07) is 15.8. The summed E-state index contributed by atoms with van der Waals surface area (Å²) in [7, 11) is 0. The maximum Gasteiger partial charge on any atom is 0.275 e. The zero-order chi connectivity index (χ0) is 16.9. The first-order chi connectivity index (χ1) is 11.6. The first-order valence-electron chi connectivity index (χ1n) is 7.43. The molecule has 1 N–H and O–H groups in total. The average molecular weight is 317 g/mol. The van der Waals surface area contributed by atoms with Gasteiger partial charge in [0, 0.05) is 23.0 Å². The summed E-state index contributed by atoms with van der Waals surface area (Å²) in [6.07, 6.45) is 2.95. The molecule has 1 amide bonds. The molecule has 0 atom stereocenters. The molecule has 2 aromatic carbocycles. The van der Waals surface area contributed by atoms with E-state index >= 15 is 0 Å². The molecule has 0 aliphatic carbocycles. The van der Waals surface area contributed by atoms with Crippen LogP contribution in [0.5, 0.6) is 0 Å². The zero-order valence-electron chi connectivity index (χ0n) is 13.1. The number of anilines is 1. The van der Waals surface area contributed by atoms with Gasteiger partial charge >= 0.3 is 0 Å². The Kier molecular flexibility index (Phi) is 4.43. The Bertz CT molecular complexity index is 875. The van der Waals surface area contributed by atoms with Crippen LogP contribution < -0.4 is 5.32 Å². The van der Waals surface area contributed by atoms with Crippen LogP contribution in [-0.2, 0) is 0 Å². The summed E-state index contributed by atoms with van der Waals surface area (Å²) < 4.78 is 0. The molecule has 0 saturated heterocycles. The number of ketones is 1. The highest BCUT2D eigenvalue weighted by molar-refractivity contribution is 6.10. The van der Waals surface area contributed by atoms with Crippen molar-refractivity contribution in [1.82, 2.24) is 9.97 Å². The van der Waals surface area contributed by atoms with E-state index in [0.29, 0.717) is 16.8 Å². The minimum Gasteiger partial charge on any atom is -0.321 e. The number of carbonyl (C=O) groups is 2. The maximum atomic E-state index is 12.5. The lowest BCUT2D eigenvalue weighted by Gasteiger charge is -2.07. The number of amides is 1. The second-order valence-electron chi connectivity index (χ2n) is 5.27. The molecule has 0 fully saturated rings. The van der Waals surface area contributed by atoms with E-state index in [1.807, 2.05) is 18.2 Å². The molecule has 0 spiro atoms. The van der Waals surface area contributed by atoms with Gasteiger partial charge in [-0.25, -0.2) is 4.98 Å². The number of hydrogen-bond donors (Lipinski definition) is 1. The Morgan fingerprint density at radius 2 is 1.62 bits per heavy atom. The molecule has 0 aliphatic heterocycles. The van der Waals surface area contributed by atoms with Gasteiger partial charge in [-0.3, -0.25) is 14.6 Å². The zero-order valence-corrected chi connectivity index (χ0v) is 13.1. The van der Waals surface area contributed by atoms with Crippen molar-refractivity contribution in [2.45, 2.75) is 6.92 Å². The van der Waals surface area contributed by atoms with Gasteiger partial charge in [-0.2, -0.15) is 0 Å². The van der Waals surface area contributed by atoms with Gasteiger partial charge in [0.2, 0.25) is 0 Å². The van der Waals surface area contributed by atoms with Gasteiger partial charge in [-0.05, 0) is 19.1 Å². The van der Waals surface area contributed by atoms with E-state index in [0.717, 1.165) is 5.69 Å². The molecule has 0 saturated carbocycles. The molecule has 0 aliphatic rings. The molecular formula is C19H15N3O2. The van der Waals surface area contributed by atoms with Gasteiger partial charge in [0.15, 0.2) is 5.78 Å². The van der Waals surface area contributed by atoms with Crippen LogP contribution in [0, 0.1) is 6.92 Å². The van der Waals surface area contributed by atoms with Crippen molar-refractivity contribution >= 4 is 17.4 Å². The highest BCUT2D eigenvalue weighted by Gasteiger charge is 2.11. The lowest BCUT2D eigenvalue weighted by atomic mass is 10.0. The standard InChI is InChI=1S/C19H15N3O2/c1-13-11-21-17(12-20-13)19(24)22-16-9-5-8-15(10-16)18(23)14-6-3-2-4-7-14/h2-12H,1H3,(H,22,24). The third kappa shape index (κ3) is 3.52. The van der Waals surface area contributed by atoms with Crippen molar-refractivity contribution in [3.8, 4) is 0 Å². The number of carbonyl (C=O) groups excluding carboxylic acids is 2. The molecule has 1 heterocycles. The van der Waals surface area contributed by atoms with E-state index in [4.69, 9.17) is 0 Å². The molecular weight excluding hydrogens is 302 g/mol. The molecule has 118 valence electrons. The number of nitrogens with one attached hydrogen (secondary N) is 1. The fourth-order valence-electron chi connectivity index (χ4n) is 2.20. The fraction of sp³-hybridized carbons (Fsp3) is 0.0526. The Balaban J connectivity index is 1.79. The van der Waals surface area contributed by atoms with Crippen LogP contribution in [0.25, 0.3) is 0 Å². The van der Waals surface area contributed by atoms with Gasteiger partial charge in [-0.1, -0.05) is 42.5 Å². The number of rotatable bonds is 4. The highest BCUT2D eigenvalue weighted by Crippen LogP contribution is 2.15. The van der Waals surface area contributed by atoms with Crippen molar-refractivity contribution in [2.75, 3.05) is 5.32 Å². The smallest absolute Gasteiger partial charge is 0.275 e. The van der Waals surface area contributed by atoms with Crippen LogP contribution >= 0.6 is 0 Å². The largest absolute Gasteiger partial charge is 0.321 e. The monoisotopic (exact) mass is 317 g/mol. The number of aryl methyl sites for hydroxylation is 1. The Labute approximate surface area is 139 Å². The quantitative estimate of drug-likeness (QED) is 0.750. The van der Waals surface area contributed by atoms with Gasteiger partial charge in [-0.15, -0.1) is 0 Å². The molecule has 24 heavy (non-hydrogen) atoms. The van der Waals surface area contributed by atoms with Gasteiger partial charge < -0.3 is 5.32 Å². The summed E-state index contributed by atoms with van der Waals surface area (Å²) in [4.78, 5) is 32.7. The van der Waals surface area contributed by atoms with Crippen molar-refractivity contribution in [3.05, 3.63) is 89.5 Å². The Morgan fingerprint density at radius 3 is 2.33 bits per heavy atom. The summed E-state index contributed by atoms with van der Waals surface area (Å²) in [5, 5.41) is 2.73. The van der Waals surface area contributed by atoms with E-state index in [-0.39, 0.29) is 17.4 Å². The first-order valence-corrected chi connectivity index (χ1v) is 7.43. The lowest BCUT2D eigenvalue weighted by molar-refractivity contribution is 0.101. The van der Waals surface area contributed by atoms with E-state index in [9.17, 15) is 9.59 Å². The van der Waals surface area contributed by atoms with Crippen molar-refractivity contribution in [1.29, 1.82) is 0 Å². The first kappa shape index (κ1) is 15.6. The van der Waals surface area contributed by atoms with Crippen LogP contribution in [0.4, 0.5) is 5.69 Å². The molecule has 0 unspecified atom stereocenters. The highest BCUT2D eigenvalue weighted by atomic mass is 16.2. The molecule has 1 aromatic heterocycles. The minimum atomic E-state index is -0.369. The van der Waals surface area contributed by atoms with Crippen LogP contribution in [0.1, 0.15) is 32.1 Å². The fourth-order valence-corrected chi connectivity index (χ4v) is 2.20. The normalized spacial score (nSPS) is 10.2. The van der Waals surface area contributed by atoms with Crippen LogP contribution in [0.15, 0.2) is 67.0 Å². The molecule has 5 nitrogen and oxygen atoms in total. The molecule has 0 bridgehead atoms. The van der Waals surface area contributed by atoms with Crippen LogP contribution in [0.3, 0.4) is 0 Å². The Morgan fingerprint density at radius 1 is 0.875 bits per heavy atom.